The van der Waals surface area contributed by atoms with Crippen molar-refractivity contribution in [2.45, 2.75) is 25.4 Å². The second-order valence-electron chi connectivity index (χ2n) is 5.05. The van der Waals surface area contributed by atoms with Crippen LogP contribution < -0.4 is 0 Å². The van der Waals surface area contributed by atoms with Crippen molar-refractivity contribution in [1.82, 2.24) is 0 Å². The molecule has 1 aromatic rings. The molecule has 3 rings (SSSR count). The highest BCUT2D eigenvalue weighted by Gasteiger charge is 2.56. The molecule has 2 aliphatic carbocycles. The molecule has 1 aromatic carbocycles. The van der Waals surface area contributed by atoms with Crippen LogP contribution in [0.4, 0.5) is 4.39 Å². The third-order valence-electron chi connectivity index (χ3n) is 4.22. The highest BCUT2D eigenvalue weighted by atomic mass is 79.9. The second kappa shape index (κ2) is 4.22. The zero-order valence-electron chi connectivity index (χ0n) is 9.17. The SMILES string of the molecule is OC(c1ccc(Br)c(Cl)c1F)C1C2CCCC21. The van der Waals surface area contributed by atoms with Crippen LogP contribution in [-0.2, 0) is 0 Å². The monoisotopic (exact) mass is 318 g/mol. The molecule has 3 atom stereocenters. The molecule has 1 nitrogen and oxygen atoms in total. The predicted octanol–water partition coefficient (Wildman–Crippen LogP) is 4.32. The maximum Gasteiger partial charge on any atom is 0.148 e. The van der Waals surface area contributed by atoms with Gasteiger partial charge in [0.05, 0.1) is 11.1 Å². The van der Waals surface area contributed by atoms with Crippen LogP contribution in [0.3, 0.4) is 0 Å². The minimum Gasteiger partial charge on any atom is -0.388 e. The summed E-state index contributed by atoms with van der Waals surface area (Å²) in [6.07, 6.45) is 2.91. The first kappa shape index (κ1) is 11.9. The van der Waals surface area contributed by atoms with Gasteiger partial charge in [0.1, 0.15) is 5.82 Å². The lowest BCUT2D eigenvalue weighted by Crippen LogP contribution is -2.07. The highest BCUT2D eigenvalue weighted by Crippen LogP contribution is 2.62. The number of hydrogen-bond acceptors (Lipinski definition) is 1. The van der Waals surface area contributed by atoms with Crippen LogP contribution in [0, 0.1) is 23.6 Å². The first-order valence-corrected chi connectivity index (χ1v) is 7.10. The molecular weight excluding hydrogens is 306 g/mol. The third kappa shape index (κ3) is 1.83. The Kier molecular flexibility index (Phi) is 2.96. The summed E-state index contributed by atoms with van der Waals surface area (Å²) in [4.78, 5) is 0. The molecule has 0 aliphatic heterocycles. The van der Waals surface area contributed by atoms with Crippen LogP contribution in [0.25, 0.3) is 0 Å². The minimum atomic E-state index is -0.698. The molecule has 0 heterocycles. The van der Waals surface area contributed by atoms with Crippen molar-refractivity contribution >= 4 is 27.5 Å². The Labute approximate surface area is 113 Å². The van der Waals surface area contributed by atoms with Crippen LogP contribution in [0.5, 0.6) is 0 Å². The quantitative estimate of drug-likeness (QED) is 0.805. The van der Waals surface area contributed by atoms with E-state index in [-0.39, 0.29) is 10.9 Å². The van der Waals surface area contributed by atoms with Crippen LogP contribution in [0.1, 0.15) is 30.9 Å². The van der Waals surface area contributed by atoms with E-state index in [1.165, 1.54) is 19.3 Å². The van der Waals surface area contributed by atoms with E-state index in [0.717, 1.165) is 0 Å². The fraction of sp³-hybridized carbons (Fsp3) is 0.538. The lowest BCUT2D eigenvalue weighted by atomic mass is 9.99. The summed E-state index contributed by atoms with van der Waals surface area (Å²) < 4.78 is 14.5. The van der Waals surface area contributed by atoms with Crippen LogP contribution >= 0.6 is 27.5 Å². The largest absolute Gasteiger partial charge is 0.388 e. The zero-order chi connectivity index (χ0) is 12.2. The van der Waals surface area contributed by atoms with Gasteiger partial charge in [-0.2, -0.15) is 0 Å². The van der Waals surface area contributed by atoms with E-state index < -0.39 is 11.9 Å². The molecule has 0 bridgehead atoms. The van der Waals surface area contributed by atoms with Crippen molar-refractivity contribution in [2.75, 3.05) is 0 Å². The molecule has 0 saturated heterocycles. The number of aliphatic hydroxyl groups is 1. The van der Waals surface area contributed by atoms with Gasteiger partial charge in [-0.25, -0.2) is 4.39 Å². The van der Waals surface area contributed by atoms with Gasteiger partial charge in [-0.15, -0.1) is 0 Å². The summed E-state index contributed by atoms with van der Waals surface area (Å²) in [5, 5.41) is 10.3. The molecule has 3 unspecified atom stereocenters. The molecular formula is C13H13BrClFO. The fourth-order valence-corrected chi connectivity index (χ4v) is 3.80. The van der Waals surface area contributed by atoms with Gasteiger partial charge in [-0.3, -0.25) is 0 Å². The number of aliphatic hydroxyl groups excluding tert-OH is 1. The Balaban J connectivity index is 1.87. The number of halogens is 3. The van der Waals surface area contributed by atoms with E-state index in [2.05, 4.69) is 15.9 Å². The van der Waals surface area contributed by atoms with Crippen molar-refractivity contribution in [3.05, 3.63) is 33.0 Å². The predicted molar refractivity (Wildman–Crippen MR) is 68.4 cm³/mol. The normalized spacial score (nSPS) is 32.4. The van der Waals surface area contributed by atoms with Crippen LogP contribution in [0.2, 0.25) is 5.02 Å². The molecule has 1 N–H and O–H groups in total. The number of rotatable bonds is 2. The van der Waals surface area contributed by atoms with E-state index in [0.29, 0.717) is 21.9 Å². The summed E-state index contributed by atoms with van der Waals surface area (Å²) in [6, 6.07) is 3.33. The van der Waals surface area contributed by atoms with E-state index in [1.807, 2.05) is 0 Å². The van der Waals surface area contributed by atoms with Gasteiger partial charge in [0.15, 0.2) is 0 Å². The Morgan fingerprint density at radius 3 is 2.65 bits per heavy atom. The van der Waals surface area contributed by atoms with Crippen molar-refractivity contribution in [2.24, 2.45) is 17.8 Å². The van der Waals surface area contributed by atoms with Crippen LogP contribution in [0.15, 0.2) is 16.6 Å². The van der Waals surface area contributed by atoms with Gasteiger partial charge in [0.2, 0.25) is 0 Å². The number of hydrogen-bond donors (Lipinski definition) is 1. The van der Waals surface area contributed by atoms with E-state index in [1.54, 1.807) is 12.1 Å². The summed E-state index contributed by atoms with van der Waals surface area (Å²) in [5.74, 6) is 0.965. The van der Waals surface area contributed by atoms with E-state index >= 15 is 0 Å². The van der Waals surface area contributed by atoms with Crippen molar-refractivity contribution in [3.63, 3.8) is 0 Å². The molecule has 0 spiro atoms. The number of fused-ring (bicyclic) bond motifs is 1. The molecule has 92 valence electrons. The Morgan fingerprint density at radius 2 is 2.00 bits per heavy atom. The zero-order valence-corrected chi connectivity index (χ0v) is 11.5. The van der Waals surface area contributed by atoms with Crippen molar-refractivity contribution < 1.29 is 9.50 Å². The van der Waals surface area contributed by atoms with Crippen molar-refractivity contribution in [3.8, 4) is 0 Å². The molecule has 17 heavy (non-hydrogen) atoms. The van der Waals surface area contributed by atoms with E-state index in [4.69, 9.17) is 11.6 Å². The van der Waals surface area contributed by atoms with Gasteiger partial charge in [-0.05, 0) is 52.6 Å². The molecule has 0 radical (unpaired) electrons. The molecule has 0 aromatic heterocycles. The fourth-order valence-electron chi connectivity index (χ4n) is 3.32. The van der Waals surface area contributed by atoms with Gasteiger partial charge in [-0.1, -0.05) is 24.1 Å². The summed E-state index contributed by atoms with van der Waals surface area (Å²) >= 11 is 9.02. The average molecular weight is 320 g/mol. The first-order valence-electron chi connectivity index (χ1n) is 5.92. The lowest BCUT2D eigenvalue weighted by Gasteiger charge is -2.15. The molecule has 4 heteroatoms. The lowest BCUT2D eigenvalue weighted by molar-refractivity contribution is 0.133. The standard InChI is InChI=1S/C13H13BrClFO/c14-9-5-4-8(12(16)11(9)15)13(17)10-6-2-1-3-7(6)10/h4-7,10,13,17H,1-3H2. The summed E-state index contributed by atoms with van der Waals surface area (Å²) in [6.45, 7) is 0. The molecule has 2 fully saturated rings. The highest BCUT2D eigenvalue weighted by molar-refractivity contribution is 9.10. The molecule has 0 amide bonds. The van der Waals surface area contributed by atoms with Gasteiger partial charge in [0.25, 0.3) is 0 Å². The topological polar surface area (TPSA) is 20.2 Å². The van der Waals surface area contributed by atoms with Gasteiger partial charge < -0.3 is 5.11 Å². The Hall–Kier alpha value is -0.120. The summed E-state index contributed by atoms with van der Waals surface area (Å²) in [5.41, 5.74) is 0.345. The Morgan fingerprint density at radius 1 is 1.35 bits per heavy atom. The summed E-state index contributed by atoms with van der Waals surface area (Å²) in [7, 11) is 0. The third-order valence-corrected chi connectivity index (χ3v) is 5.48. The van der Waals surface area contributed by atoms with Crippen molar-refractivity contribution in [1.29, 1.82) is 0 Å². The van der Waals surface area contributed by atoms with Crippen LogP contribution in [-0.4, -0.2) is 5.11 Å². The smallest absolute Gasteiger partial charge is 0.148 e. The number of benzene rings is 1. The maximum atomic E-state index is 14.0. The maximum absolute atomic E-state index is 14.0. The molecule has 2 aliphatic rings. The van der Waals surface area contributed by atoms with Gasteiger partial charge in [0, 0.05) is 10.0 Å². The second-order valence-corrected chi connectivity index (χ2v) is 6.28. The molecule has 2 saturated carbocycles. The minimum absolute atomic E-state index is 0.0624. The Bertz CT molecular complexity index is 455. The first-order chi connectivity index (χ1) is 8.11. The van der Waals surface area contributed by atoms with Gasteiger partial charge >= 0.3 is 0 Å². The average Bonchev–Trinajstić information content (AvgIpc) is 2.79. The van der Waals surface area contributed by atoms with E-state index in [9.17, 15) is 9.50 Å².